The summed E-state index contributed by atoms with van der Waals surface area (Å²) >= 11 is 0. The number of carbonyl (C=O) groups is 1. The van der Waals surface area contributed by atoms with Gasteiger partial charge in [-0.05, 0) is 26.8 Å². The number of likely N-dealkylation sites (N-methyl/N-ethyl adjacent to an activating group) is 1. The topological polar surface area (TPSA) is 49.8 Å². The minimum Gasteiger partial charge on any atom is -0.389 e. The third-order valence-corrected chi connectivity index (χ3v) is 2.82. The van der Waals surface area contributed by atoms with Gasteiger partial charge in [-0.15, -0.1) is 0 Å². The molecule has 1 atom stereocenters. The Balaban J connectivity index is 2.40. The van der Waals surface area contributed by atoms with Gasteiger partial charge in [-0.25, -0.2) is 0 Å². The van der Waals surface area contributed by atoms with E-state index in [1.54, 1.807) is 13.8 Å². The Bertz CT molecular complexity index is 229. The van der Waals surface area contributed by atoms with Crippen molar-refractivity contribution in [1.29, 1.82) is 0 Å². The summed E-state index contributed by atoms with van der Waals surface area (Å²) in [5, 5.41) is 9.72. The van der Waals surface area contributed by atoms with E-state index in [-0.39, 0.29) is 11.7 Å². The molecule has 0 amide bonds. The van der Waals surface area contributed by atoms with E-state index < -0.39 is 5.60 Å². The third kappa shape index (κ3) is 4.60. The Morgan fingerprint density at radius 2 is 2.25 bits per heavy atom. The SMILES string of the molecule is CCN(CC(=O)C1CCOC1)CC(C)(C)O. The van der Waals surface area contributed by atoms with Gasteiger partial charge < -0.3 is 9.84 Å². The van der Waals surface area contributed by atoms with E-state index in [4.69, 9.17) is 4.74 Å². The first-order valence-corrected chi connectivity index (χ1v) is 5.97. The molecular formula is C12H23NO3. The van der Waals surface area contributed by atoms with Crippen molar-refractivity contribution < 1.29 is 14.6 Å². The molecule has 1 rings (SSSR count). The second-order valence-corrected chi connectivity index (χ2v) is 5.14. The molecule has 1 aliphatic heterocycles. The highest BCUT2D eigenvalue weighted by atomic mass is 16.5. The van der Waals surface area contributed by atoms with Crippen LogP contribution in [0.15, 0.2) is 0 Å². The quantitative estimate of drug-likeness (QED) is 0.728. The van der Waals surface area contributed by atoms with E-state index in [0.29, 0.717) is 26.3 Å². The van der Waals surface area contributed by atoms with Gasteiger partial charge in [-0.2, -0.15) is 0 Å². The van der Waals surface area contributed by atoms with Crippen molar-refractivity contribution in [3.05, 3.63) is 0 Å². The first-order valence-electron chi connectivity index (χ1n) is 5.97. The van der Waals surface area contributed by atoms with Crippen LogP contribution in [0, 0.1) is 5.92 Å². The molecule has 1 saturated heterocycles. The van der Waals surface area contributed by atoms with Crippen LogP contribution in [0.25, 0.3) is 0 Å². The molecule has 0 bridgehead atoms. The van der Waals surface area contributed by atoms with E-state index >= 15 is 0 Å². The minimum atomic E-state index is -0.748. The molecule has 0 spiro atoms. The Labute approximate surface area is 97.6 Å². The number of Topliss-reactive ketones (excluding diaryl/α,β-unsaturated/α-hetero) is 1. The summed E-state index contributed by atoms with van der Waals surface area (Å²) in [7, 11) is 0. The summed E-state index contributed by atoms with van der Waals surface area (Å²) in [5.41, 5.74) is -0.748. The molecule has 16 heavy (non-hydrogen) atoms. The summed E-state index contributed by atoms with van der Waals surface area (Å²) < 4.78 is 5.21. The van der Waals surface area contributed by atoms with Gasteiger partial charge in [-0.1, -0.05) is 6.92 Å². The Morgan fingerprint density at radius 1 is 1.56 bits per heavy atom. The van der Waals surface area contributed by atoms with Gasteiger partial charge in [0.25, 0.3) is 0 Å². The van der Waals surface area contributed by atoms with Gasteiger partial charge in [0.2, 0.25) is 0 Å². The van der Waals surface area contributed by atoms with Crippen LogP contribution < -0.4 is 0 Å². The number of nitrogens with zero attached hydrogens (tertiary/aromatic N) is 1. The maximum Gasteiger partial charge on any atom is 0.152 e. The molecule has 0 aromatic heterocycles. The molecule has 1 aliphatic rings. The monoisotopic (exact) mass is 229 g/mol. The number of ether oxygens (including phenoxy) is 1. The maximum absolute atomic E-state index is 11.9. The highest BCUT2D eigenvalue weighted by Gasteiger charge is 2.26. The lowest BCUT2D eigenvalue weighted by Crippen LogP contribution is -2.42. The number of ketones is 1. The van der Waals surface area contributed by atoms with Crippen molar-refractivity contribution in [2.24, 2.45) is 5.92 Å². The van der Waals surface area contributed by atoms with Gasteiger partial charge in [-0.3, -0.25) is 9.69 Å². The molecule has 0 aromatic carbocycles. The Hall–Kier alpha value is -0.450. The molecule has 94 valence electrons. The minimum absolute atomic E-state index is 0.0656. The zero-order valence-electron chi connectivity index (χ0n) is 10.5. The Kier molecular flexibility index (Phi) is 4.89. The zero-order chi connectivity index (χ0) is 12.2. The first-order chi connectivity index (χ1) is 7.42. The van der Waals surface area contributed by atoms with Crippen molar-refractivity contribution in [3.63, 3.8) is 0 Å². The average Bonchev–Trinajstić information content (AvgIpc) is 2.67. The van der Waals surface area contributed by atoms with Crippen molar-refractivity contribution in [2.45, 2.75) is 32.8 Å². The standard InChI is InChI=1S/C12H23NO3/c1-4-13(9-12(2,3)15)7-11(14)10-5-6-16-8-10/h10,15H,4-9H2,1-3H3. The molecule has 1 N–H and O–H groups in total. The fraction of sp³-hybridized carbons (Fsp3) is 0.917. The molecule has 0 saturated carbocycles. The molecule has 0 aromatic rings. The zero-order valence-corrected chi connectivity index (χ0v) is 10.5. The summed E-state index contributed by atoms with van der Waals surface area (Å²) in [6, 6.07) is 0. The summed E-state index contributed by atoms with van der Waals surface area (Å²) in [4.78, 5) is 13.9. The second-order valence-electron chi connectivity index (χ2n) is 5.14. The average molecular weight is 229 g/mol. The van der Waals surface area contributed by atoms with E-state index in [9.17, 15) is 9.90 Å². The van der Waals surface area contributed by atoms with Gasteiger partial charge in [0.05, 0.1) is 18.8 Å². The fourth-order valence-electron chi connectivity index (χ4n) is 1.96. The van der Waals surface area contributed by atoms with Crippen LogP contribution in [0.1, 0.15) is 27.2 Å². The molecule has 0 aliphatic carbocycles. The van der Waals surface area contributed by atoms with Gasteiger partial charge in [0, 0.05) is 19.1 Å². The largest absolute Gasteiger partial charge is 0.389 e. The van der Waals surface area contributed by atoms with Crippen LogP contribution in [0.3, 0.4) is 0 Å². The van der Waals surface area contributed by atoms with Crippen LogP contribution >= 0.6 is 0 Å². The van der Waals surface area contributed by atoms with Crippen molar-refractivity contribution >= 4 is 5.78 Å². The van der Waals surface area contributed by atoms with Crippen LogP contribution in [0.5, 0.6) is 0 Å². The Morgan fingerprint density at radius 3 is 2.69 bits per heavy atom. The third-order valence-electron chi connectivity index (χ3n) is 2.82. The first kappa shape index (κ1) is 13.6. The molecule has 1 fully saturated rings. The molecule has 1 unspecified atom stereocenters. The number of rotatable bonds is 6. The lowest BCUT2D eigenvalue weighted by molar-refractivity contribution is -0.124. The van der Waals surface area contributed by atoms with Crippen LogP contribution in [0.2, 0.25) is 0 Å². The maximum atomic E-state index is 11.9. The van der Waals surface area contributed by atoms with Gasteiger partial charge >= 0.3 is 0 Å². The fourth-order valence-corrected chi connectivity index (χ4v) is 1.96. The van der Waals surface area contributed by atoms with E-state index in [1.165, 1.54) is 0 Å². The number of hydrogen-bond acceptors (Lipinski definition) is 4. The van der Waals surface area contributed by atoms with Crippen molar-refractivity contribution in [2.75, 3.05) is 32.8 Å². The molecule has 0 radical (unpaired) electrons. The second kappa shape index (κ2) is 5.75. The predicted molar refractivity (Wildman–Crippen MR) is 62.3 cm³/mol. The molecule has 4 nitrogen and oxygen atoms in total. The number of hydrogen-bond donors (Lipinski definition) is 1. The number of aliphatic hydroxyl groups is 1. The van der Waals surface area contributed by atoms with Crippen molar-refractivity contribution in [1.82, 2.24) is 4.90 Å². The van der Waals surface area contributed by atoms with Crippen LogP contribution in [-0.2, 0) is 9.53 Å². The van der Waals surface area contributed by atoms with E-state index in [1.807, 2.05) is 11.8 Å². The molecule has 1 heterocycles. The van der Waals surface area contributed by atoms with Crippen molar-refractivity contribution in [3.8, 4) is 0 Å². The van der Waals surface area contributed by atoms with Crippen LogP contribution in [0.4, 0.5) is 0 Å². The van der Waals surface area contributed by atoms with Gasteiger partial charge in [0.15, 0.2) is 5.78 Å². The molecule has 4 heteroatoms. The van der Waals surface area contributed by atoms with E-state index in [2.05, 4.69) is 0 Å². The van der Waals surface area contributed by atoms with Crippen LogP contribution in [-0.4, -0.2) is 54.2 Å². The smallest absolute Gasteiger partial charge is 0.152 e. The van der Waals surface area contributed by atoms with Gasteiger partial charge in [0.1, 0.15) is 0 Å². The normalized spacial score (nSPS) is 21.7. The molecular weight excluding hydrogens is 206 g/mol. The predicted octanol–water partition coefficient (Wildman–Crippen LogP) is 0.685. The lowest BCUT2D eigenvalue weighted by Gasteiger charge is -2.27. The lowest BCUT2D eigenvalue weighted by atomic mass is 10.0. The summed E-state index contributed by atoms with van der Waals surface area (Å²) in [6.45, 7) is 8.54. The highest BCUT2D eigenvalue weighted by Crippen LogP contribution is 2.14. The highest BCUT2D eigenvalue weighted by molar-refractivity contribution is 5.83. The van der Waals surface area contributed by atoms with E-state index in [0.717, 1.165) is 13.0 Å². The summed E-state index contributed by atoms with van der Waals surface area (Å²) in [5.74, 6) is 0.305. The summed E-state index contributed by atoms with van der Waals surface area (Å²) in [6.07, 6.45) is 0.846. The number of carbonyl (C=O) groups excluding carboxylic acids is 1.